The van der Waals surface area contributed by atoms with E-state index in [0.29, 0.717) is 12.5 Å². The van der Waals surface area contributed by atoms with Gasteiger partial charge in [0.2, 0.25) is 0 Å². The summed E-state index contributed by atoms with van der Waals surface area (Å²) in [6, 6.07) is 7.99. The first-order chi connectivity index (χ1) is 12.3. The average molecular weight is 340 g/mol. The molecule has 1 fully saturated rings. The van der Waals surface area contributed by atoms with Gasteiger partial charge in [-0.15, -0.1) is 0 Å². The summed E-state index contributed by atoms with van der Waals surface area (Å²) in [7, 11) is 1.73. The number of fused-ring (bicyclic) bond motifs is 1. The molecule has 0 bridgehead atoms. The van der Waals surface area contributed by atoms with E-state index < -0.39 is 0 Å². The predicted molar refractivity (Wildman–Crippen MR) is 95.4 cm³/mol. The van der Waals surface area contributed by atoms with Crippen LogP contribution in [0.3, 0.4) is 0 Å². The number of aromatic nitrogens is 3. The first-order valence-electron chi connectivity index (χ1n) is 8.90. The molecule has 0 aliphatic carbocycles. The van der Waals surface area contributed by atoms with E-state index in [1.165, 1.54) is 0 Å². The summed E-state index contributed by atoms with van der Waals surface area (Å²) in [5.41, 5.74) is 1.83. The Kier molecular flexibility index (Phi) is 4.81. The molecule has 132 valence electrons. The molecule has 3 aromatic rings. The molecule has 0 N–H and O–H groups in total. The molecule has 1 saturated heterocycles. The summed E-state index contributed by atoms with van der Waals surface area (Å²) in [6.07, 6.45) is 6.17. The first kappa shape index (κ1) is 16.3. The van der Waals surface area contributed by atoms with Crippen LogP contribution in [0.4, 0.5) is 0 Å². The number of likely N-dealkylation sites (tertiary alicyclic amines) is 1. The van der Waals surface area contributed by atoms with Crippen LogP contribution in [0, 0.1) is 0 Å². The predicted octanol–water partition coefficient (Wildman–Crippen LogP) is 3.05. The Hall–Kier alpha value is -2.18. The Morgan fingerprint density at radius 2 is 2.24 bits per heavy atom. The molecule has 0 radical (unpaired) electrons. The summed E-state index contributed by atoms with van der Waals surface area (Å²) >= 11 is 0. The lowest BCUT2D eigenvalue weighted by Gasteiger charge is -2.31. The molecule has 6 heteroatoms. The van der Waals surface area contributed by atoms with Gasteiger partial charge in [-0.25, -0.2) is 9.97 Å². The van der Waals surface area contributed by atoms with E-state index >= 15 is 0 Å². The van der Waals surface area contributed by atoms with Crippen LogP contribution in [0.5, 0.6) is 0 Å². The van der Waals surface area contributed by atoms with Crippen LogP contribution < -0.4 is 0 Å². The van der Waals surface area contributed by atoms with E-state index in [4.69, 9.17) is 14.1 Å². The maximum Gasteiger partial charge on any atom is 0.199 e. The normalized spacial score (nSPS) is 18.8. The molecule has 3 heterocycles. The fraction of sp³-hybridized carbons (Fsp3) is 0.474. The van der Waals surface area contributed by atoms with Gasteiger partial charge in [-0.2, -0.15) is 0 Å². The van der Waals surface area contributed by atoms with Crippen molar-refractivity contribution in [3.63, 3.8) is 0 Å². The van der Waals surface area contributed by atoms with Crippen molar-refractivity contribution in [2.45, 2.75) is 31.8 Å². The molecule has 0 saturated carbocycles. The Bertz CT molecular complexity index is 793. The standard InChI is InChI=1S/C19H24N4O2/c1-24-12-11-23-10-8-20-18(23)14-22-9-4-5-15(13-22)19-21-16-6-2-3-7-17(16)25-19/h2-3,6-8,10,15H,4-5,9,11-14H2,1H3. The molecule has 1 aromatic carbocycles. The van der Waals surface area contributed by atoms with Crippen LogP contribution in [0.1, 0.15) is 30.5 Å². The van der Waals surface area contributed by atoms with E-state index in [9.17, 15) is 0 Å². The van der Waals surface area contributed by atoms with Crippen LogP contribution in [0.2, 0.25) is 0 Å². The molecule has 6 nitrogen and oxygen atoms in total. The molecule has 1 aliphatic rings. The van der Waals surface area contributed by atoms with Crippen molar-refractivity contribution in [3.05, 3.63) is 48.4 Å². The largest absolute Gasteiger partial charge is 0.440 e. The van der Waals surface area contributed by atoms with E-state index in [-0.39, 0.29) is 0 Å². The molecule has 1 unspecified atom stereocenters. The van der Waals surface area contributed by atoms with Crippen LogP contribution in [-0.2, 0) is 17.8 Å². The minimum absolute atomic E-state index is 0.350. The second-order valence-electron chi connectivity index (χ2n) is 6.62. The third-order valence-electron chi connectivity index (χ3n) is 4.87. The molecule has 25 heavy (non-hydrogen) atoms. The number of oxazole rings is 1. The number of para-hydroxylation sites is 2. The van der Waals surface area contributed by atoms with E-state index in [1.807, 2.05) is 36.7 Å². The zero-order valence-electron chi connectivity index (χ0n) is 14.6. The summed E-state index contributed by atoms with van der Waals surface area (Å²) in [6.45, 7) is 4.45. The van der Waals surface area contributed by atoms with Gasteiger partial charge in [0.05, 0.1) is 13.2 Å². The van der Waals surface area contributed by atoms with Gasteiger partial charge in [-0.1, -0.05) is 12.1 Å². The molecule has 0 spiro atoms. The maximum atomic E-state index is 5.99. The highest BCUT2D eigenvalue weighted by Crippen LogP contribution is 2.29. The number of hydrogen-bond donors (Lipinski definition) is 0. The Balaban J connectivity index is 1.45. The summed E-state index contributed by atoms with van der Waals surface area (Å²) in [5.74, 6) is 2.31. The number of methoxy groups -OCH3 is 1. The lowest BCUT2D eigenvalue weighted by Crippen LogP contribution is -2.35. The minimum atomic E-state index is 0.350. The van der Waals surface area contributed by atoms with Crippen molar-refractivity contribution in [1.29, 1.82) is 0 Å². The van der Waals surface area contributed by atoms with Crippen molar-refractivity contribution in [1.82, 2.24) is 19.4 Å². The topological polar surface area (TPSA) is 56.3 Å². The molecule has 1 aliphatic heterocycles. The van der Waals surface area contributed by atoms with Crippen molar-refractivity contribution < 1.29 is 9.15 Å². The summed E-state index contributed by atoms with van der Waals surface area (Å²) < 4.78 is 13.3. The molecular formula is C19H24N4O2. The minimum Gasteiger partial charge on any atom is -0.440 e. The van der Waals surface area contributed by atoms with Gasteiger partial charge in [0.25, 0.3) is 0 Å². The van der Waals surface area contributed by atoms with Crippen molar-refractivity contribution in [3.8, 4) is 0 Å². The van der Waals surface area contributed by atoms with E-state index in [2.05, 4.69) is 14.5 Å². The second-order valence-corrected chi connectivity index (χ2v) is 6.62. The smallest absolute Gasteiger partial charge is 0.199 e. The molecule has 0 amide bonds. The van der Waals surface area contributed by atoms with Gasteiger partial charge in [-0.3, -0.25) is 4.90 Å². The monoisotopic (exact) mass is 340 g/mol. The van der Waals surface area contributed by atoms with E-state index in [0.717, 1.165) is 61.8 Å². The number of hydrogen-bond acceptors (Lipinski definition) is 5. The zero-order valence-corrected chi connectivity index (χ0v) is 14.6. The lowest BCUT2D eigenvalue weighted by atomic mass is 9.98. The van der Waals surface area contributed by atoms with Gasteiger partial charge in [-0.05, 0) is 31.5 Å². The Morgan fingerprint density at radius 3 is 3.12 bits per heavy atom. The van der Waals surface area contributed by atoms with E-state index in [1.54, 1.807) is 7.11 Å². The summed E-state index contributed by atoms with van der Waals surface area (Å²) in [5, 5.41) is 0. The van der Waals surface area contributed by atoms with Gasteiger partial charge >= 0.3 is 0 Å². The van der Waals surface area contributed by atoms with Crippen molar-refractivity contribution in [2.75, 3.05) is 26.8 Å². The van der Waals surface area contributed by atoms with Crippen molar-refractivity contribution in [2.24, 2.45) is 0 Å². The van der Waals surface area contributed by atoms with Crippen LogP contribution in [0.25, 0.3) is 11.1 Å². The number of imidazole rings is 1. The number of benzene rings is 1. The second kappa shape index (κ2) is 7.37. The summed E-state index contributed by atoms with van der Waals surface area (Å²) in [4.78, 5) is 11.7. The van der Waals surface area contributed by atoms with Gasteiger partial charge in [0.1, 0.15) is 11.3 Å². The SMILES string of the molecule is COCCn1ccnc1CN1CCCC(c2nc3ccccc3o2)C1. The number of ether oxygens (including phenoxy) is 1. The fourth-order valence-corrected chi connectivity index (χ4v) is 3.55. The molecule has 1 atom stereocenters. The number of piperidine rings is 1. The van der Waals surface area contributed by atoms with Crippen LogP contribution in [0.15, 0.2) is 41.1 Å². The number of nitrogens with zero attached hydrogens (tertiary/aromatic N) is 4. The maximum absolute atomic E-state index is 5.99. The third kappa shape index (κ3) is 3.60. The lowest BCUT2D eigenvalue weighted by molar-refractivity contribution is 0.171. The Labute approximate surface area is 147 Å². The number of rotatable bonds is 6. The average Bonchev–Trinajstić information content (AvgIpc) is 3.26. The van der Waals surface area contributed by atoms with Crippen LogP contribution >= 0.6 is 0 Å². The first-order valence-corrected chi connectivity index (χ1v) is 8.90. The molecule has 2 aromatic heterocycles. The third-order valence-corrected chi connectivity index (χ3v) is 4.87. The quantitative estimate of drug-likeness (QED) is 0.690. The zero-order chi connectivity index (χ0) is 17.1. The molecular weight excluding hydrogens is 316 g/mol. The van der Waals surface area contributed by atoms with Crippen molar-refractivity contribution >= 4 is 11.1 Å². The van der Waals surface area contributed by atoms with Gasteiger partial charge in [0, 0.05) is 38.5 Å². The highest BCUT2D eigenvalue weighted by molar-refractivity contribution is 5.72. The van der Waals surface area contributed by atoms with Gasteiger partial charge < -0.3 is 13.7 Å². The highest BCUT2D eigenvalue weighted by atomic mass is 16.5. The van der Waals surface area contributed by atoms with Gasteiger partial charge in [0.15, 0.2) is 11.5 Å². The Morgan fingerprint density at radius 1 is 1.32 bits per heavy atom. The molecule has 4 rings (SSSR count). The highest BCUT2D eigenvalue weighted by Gasteiger charge is 2.26. The van der Waals surface area contributed by atoms with Crippen LogP contribution in [-0.4, -0.2) is 46.2 Å². The fourth-order valence-electron chi connectivity index (χ4n) is 3.55.